The number of nitrogens with one attached hydrogen (secondary N) is 2. The SMILES string of the molecule is COCCNC(=O)CCNC(=O)c1ccc(C(=O)O)nc1. The molecule has 0 radical (unpaired) electrons. The summed E-state index contributed by atoms with van der Waals surface area (Å²) in [4.78, 5) is 37.3. The van der Waals surface area contributed by atoms with Crippen molar-refractivity contribution < 1.29 is 24.2 Å². The van der Waals surface area contributed by atoms with Crippen LogP contribution in [0.1, 0.15) is 27.3 Å². The molecule has 0 aliphatic rings. The second-order valence-corrected chi connectivity index (χ2v) is 4.09. The number of methoxy groups -OCH3 is 1. The van der Waals surface area contributed by atoms with Crippen molar-refractivity contribution in [3.8, 4) is 0 Å². The lowest BCUT2D eigenvalue weighted by Gasteiger charge is -2.06. The van der Waals surface area contributed by atoms with E-state index in [4.69, 9.17) is 9.84 Å². The van der Waals surface area contributed by atoms with E-state index in [1.54, 1.807) is 0 Å². The maximum atomic E-state index is 11.7. The number of carboxylic acid groups (broad SMARTS) is 1. The minimum atomic E-state index is -1.16. The van der Waals surface area contributed by atoms with Crippen LogP contribution in [0.5, 0.6) is 0 Å². The highest BCUT2D eigenvalue weighted by atomic mass is 16.5. The van der Waals surface area contributed by atoms with Crippen molar-refractivity contribution in [2.24, 2.45) is 0 Å². The zero-order valence-electron chi connectivity index (χ0n) is 11.6. The van der Waals surface area contributed by atoms with Crippen LogP contribution < -0.4 is 10.6 Å². The Morgan fingerprint density at radius 1 is 1.24 bits per heavy atom. The Bertz CT molecular complexity index is 501. The number of aromatic nitrogens is 1. The molecule has 0 aromatic carbocycles. The monoisotopic (exact) mass is 295 g/mol. The maximum absolute atomic E-state index is 11.7. The fourth-order valence-corrected chi connectivity index (χ4v) is 1.43. The van der Waals surface area contributed by atoms with E-state index in [9.17, 15) is 14.4 Å². The Kier molecular flexibility index (Phi) is 6.82. The van der Waals surface area contributed by atoms with Crippen LogP contribution in [-0.2, 0) is 9.53 Å². The lowest BCUT2D eigenvalue weighted by Crippen LogP contribution is -2.32. The number of ether oxygens (including phenoxy) is 1. The van der Waals surface area contributed by atoms with Crippen molar-refractivity contribution in [2.75, 3.05) is 26.8 Å². The van der Waals surface area contributed by atoms with Gasteiger partial charge in [-0.1, -0.05) is 0 Å². The number of hydrogen-bond acceptors (Lipinski definition) is 5. The van der Waals surface area contributed by atoms with Crippen LogP contribution in [-0.4, -0.2) is 54.7 Å². The van der Waals surface area contributed by atoms with Crippen molar-refractivity contribution in [3.63, 3.8) is 0 Å². The Morgan fingerprint density at radius 3 is 2.57 bits per heavy atom. The minimum absolute atomic E-state index is 0.135. The van der Waals surface area contributed by atoms with Crippen molar-refractivity contribution in [1.82, 2.24) is 15.6 Å². The summed E-state index contributed by atoms with van der Waals surface area (Å²) in [6.45, 7) is 1.03. The van der Waals surface area contributed by atoms with E-state index in [2.05, 4.69) is 15.6 Å². The molecule has 3 N–H and O–H groups in total. The van der Waals surface area contributed by atoms with Crippen LogP contribution in [0.4, 0.5) is 0 Å². The normalized spacial score (nSPS) is 9.95. The molecule has 0 saturated heterocycles. The molecule has 1 aromatic rings. The van der Waals surface area contributed by atoms with Crippen LogP contribution in [0, 0.1) is 0 Å². The molecule has 8 nitrogen and oxygen atoms in total. The standard InChI is InChI=1S/C13H17N3O5/c1-21-7-6-14-11(17)4-5-15-12(18)9-2-3-10(13(19)20)16-8-9/h2-3,8H,4-7H2,1H3,(H,14,17)(H,15,18)(H,19,20). The molecule has 0 saturated carbocycles. The van der Waals surface area contributed by atoms with E-state index in [1.165, 1.54) is 25.4 Å². The van der Waals surface area contributed by atoms with E-state index in [0.717, 1.165) is 0 Å². The largest absolute Gasteiger partial charge is 0.477 e. The summed E-state index contributed by atoms with van der Waals surface area (Å²) in [5, 5.41) is 13.9. The molecule has 8 heteroatoms. The molecule has 0 fully saturated rings. The number of carboxylic acids is 1. The molecule has 0 atom stereocenters. The molecule has 0 bridgehead atoms. The van der Waals surface area contributed by atoms with E-state index >= 15 is 0 Å². The van der Waals surface area contributed by atoms with Gasteiger partial charge < -0.3 is 20.5 Å². The van der Waals surface area contributed by atoms with Crippen molar-refractivity contribution in [1.29, 1.82) is 0 Å². The van der Waals surface area contributed by atoms with Crippen molar-refractivity contribution in [3.05, 3.63) is 29.6 Å². The zero-order valence-corrected chi connectivity index (χ0v) is 11.6. The minimum Gasteiger partial charge on any atom is -0.477 e. The second-order valence-electron chi connectivity index (χ2n) is 4.09. The van der Waals surface area contributed by atoms with Gasteiger partial charge in [0.1, 0.15) is 5.69 Å². The van der Waals surface area contributed by atoms with Crippen LogP contribution in [0.2, 0.25) is 0 Å². The highest BCUT2D eigenvalue weighted by molar-refractivity contribution is 5.95. The molecular formula is C13H17N3O5. The number of hydrogen-bond donors (Lipinski definition) is 3. The lowest BCUT2D eigenvalue weighted by molar-refractivity contribution is -0.121. The summed E-state index contributed by atoms with van der Waals surface area (Å²) in [6, 6.07) is 2.61. The van der Waals surface area contributed by atoms with Gasteiger partial charge in [0.15, 0.2) is 0 Å². The van der Waals surface area contributed by atoms with E-state index in [1.807, 2.05) is 0 Å². The summed E-state index contributed by atoms with van der Waals surface area (Å²) in [5.74, 6) is -1.76. The Labute approximate surface area is 121 Å². The van der Waals surface area contributed by atoms with Crippen LogP contribution in [0.3, 0.4) is 0 Å². The summed E-state index contributed by atoms with van der Waals surface area (Å²) in [7, 11) is 1.54. The van der Waals surface area contributed by atoms with Gasteiger partial charge >= 0.3 is 5.97 Å². The molecule has 0 unspecified atom stereocenters. The van der Waals surface area contributed by atoms with E-state index < -0.39 is 11.9 Å². The molecule has 2 amide bonds. The molecular weight excluding hydrogens is 278 g/mol. The van der Waals surface area contributed by atoms with Gasteiger partial charge in [0, 0.05) is 32.8 Å². The Morgan fingerprint density at radius 2 is 2.00 bits per heavy atom. The average Bonchev–Trinajstić information content (AvgIpc) is 2.47. The number of amides is 2. The van der Waals surface area contributed by atoms with Gasteiger partial charge in [-0.3, -0.25) is 9.59 Å². The fourth-order valence-electron chi connectivity index (χ4n) is 1.43. The fraction of sp³-hybridized carbons (Fsp3) is 0.385. The molecule has 114 valence electrons. The summed E-state index contributed by atoms with van der Waals surface area (Å²) in [6.07, 6.45) is 1.33. The predicted octanol–water partition coefficient (Wildman–Crippen LogP) is -0.338. The third kappa shape index (κ3) is 6.00. The quantitative estimate of drug-likeness (QED) is 0.565. The summed E-state index contributed by atoms with van der Waals surface area (Å²) < 4.78 is 4.79. The molecule has 0 aliphatic carbocycles. The molecule has 21 heavy (non-hydrogen) atoms. The first-order valence-corrected chi connectivity index (χ1v) is 6.27. The molecule has 1 aromatic heterocycles. The van der Waals surface area contributed by atoms with E-state index in [0.29, 0.717) is 13.2 Å². The summed E-state index contributed by atoms with van der Waals surface area (Å²) in [5.41, 5.74) is 0.101. The smallest absolute Gasteiger partial charge is 0.354 e. The zero-order chi connectivity index (χ0) is 15.7. The number of rotatable bonds is 8. The van der Waals surface area contributed by atoms with Gasteiger partial charge in [0.2, 0.25) is 5.91 Å². The molecule has 1 rings (SSSR count). The molecule has 1 heterocycles. The van der Waals surface area contributed by atoms with Gasteiger partial charge in [-0.25, -0.2) is 9.78 Å². The average molecular weight is 295 g/mol. The third-order valence-corrected chi connectivity index (χ3v) is 2.51. The van der Waals surface area contributed by atoms with Crippen LogP contribution in [0.15, 0.2) is 18.3 Å². The third-order valence-electron chi connectivity index (χ3n) is 2.51. The Balaban J connectivity index is 2.33. The van der Waals surface area contributed by atoms with E-state index in [-0.39, 0.29) is 30.1 Å². The van der Waals surface area contributed by atoms with Gasteiger partial charge in [-0.05, 0) is 12.1 Å². The number of pyridine rings is 1. The summed E-state index contributed by atoms with van der Waals surface area (Å²) >= 11 is 0. The topological polar surface area (TPSA) is 118 Å². The van der Waals surface area contributed by atoms with Crippen molar-refractivity contribution >= 4 is 17.8 Å². The molecule has 0 aliphatic heterocycles. The van der Waals surface area contributed by atoms with Crippen molar-refractivity contribution in [2.45, 2.75) is 6.42 Å². The first-order chi connectivity index (χ1) is 10.0. The first-order valence-electron chi connectivity index (χ1n) is 6.27. The van der Waals surface area contributed by atoms with Gasteiger partial charge in [-0.15, -0.1) is 0 Å². The molecule has 0 spiro atoms. The van der Waals surface area contributed by atoms with Crippen LogP contribution >= 0.6 is 0 Å². The number of aromatic carboxylic acids is 1. The highest BCUT2D eigenvalue weighted by Crippen LogP contribution is 2.00. The lowest BCUT2D eigenvalue weighted by atomic mass is 10.2. The maximum Gasteiger partial charge on any atom is 0.354 e. The van der Waals surface area contributed by atoms with Gasteiger partial charge in [0.05, 0.1) is 12.2 Å². The Hall–Kier alpha value is -2.48. The number of carbonyl (C=O) groups is 3. The number of nitrogens with zero attached hydrogens (tertiary/aromatic N) is 1. The highest BCUT2D eigenvalue weighted by Gasteiger charge is 2.09. The second kappa shape index (κ2) is 8.64. The van der Waals surface area contributed by atoms with Gasteiger partial charge in [0.25, 0.3) is 5.91 Å². The number of carbonyl (C=O) groups excluding carboxylic acids is 2. The van der Waals surface area contributed by atoms with Crippen LogP contribution in [0.25, 0.3) is 0 Å². The van der Waals surface area contributed by atoms with Gasteiger partial charge in [-0.2, -0.15) is 0 Å². The predicted molar refractivity (Wildman–Crippen MR) is 73.0 cm³/mol. The first kappa shape index (κ1) is 16.6.